The van der Waals surface area contributed by atoms with Gasteiger partial charge < -0.3 is 20.3 Å². The molecule has 0 heterocycles. The van der Waals surface area contributed by atoms with Crippen LogP contribution in [-0.4, -0.2) is 46.0 Å². The van der Waals surface area contributed by atoms with Gasteiger partial charge in [-0.15, -0.1) is 0 Å². The Balaban J connectivity index is 2.45. The summed E-state index contributed by atoms with van der Waals surface area (Å²) in [7, 11) is 0. The second-order valence-corrected chi connectivity index (χ2v) is 11.4. The van der Waals surface area contributed by atoms with Crippen LogP contribution in [-0.2, 0) is 14.3 Å². The highest BCUT2D eigenvalue weighted by Crippen LogP contribution is 2.36. The quantitative estimate of drug-likeness (QED) is 0.629. The average Bonchev–Trinajstić information content (AvgIpc) is 3.45. The molecule has 0 spiro atoms. The molecular formula is C26H41N3O4. The maximum Gasteiger partial charge on any atom is 0.408 e. The predicted molar refractivity (Wildman–Crippen MR) is 130 cm³/mol. The highest BCUT2D eigenvalue weighted by molar-refractivity contribution is 5.93. The monoisotopic (exact) mass is 459 g/mol. The summed E-state index contributed by atoms with van der Waals surface area (Å²) >= 11 is 0. The van der Waals surface area contributed by atoms with E-state index in [-0.39, 0.29) is 23.8 Å². The highest BCUT2D eigenvalue weighted by Gasteiger charge is 2.45. The largest absolute Gasteiger partial charge is 0.444 e. The fourth-order valence-electron chi connectivity index (χ4n) is 3.70. The second kappa shape index (κ2) is 10.1. The van der Waals surface area contributed by atoms with E-state index >= 15 is 0 Å². The van der Waals surface area contributed by atoms with Gasteiger partial charge in [0, 0.05) is 11.6 Å². The molecule has 0 bridgehead atoms. The van der Waals surface area contributed by atoms with Crippen molar-refractivity contribution in [3.05, 3.63) is 35.4 Å². The molecule has 2 rings (SSSR count). The molecule has 1 aromatic rings. The van der Waals surface area contributed by atoms with Gasteiger partial charge in [0.05, 0.1) is 0 Å². The van der Waals surface area contributed by atoms with E-state index in [0.717, 1.165) is 24.0 Å². The van der Waals surface area contributed by atoms with Crippen molar-refractivity contribution in [2.75, 3.05) is 0 Å². The van der Waals surface area contributed by atoms with E-state index < -0.39 is 29.3 Å². The van der Waals surface area contributed by atoms with Gasteiger partial charge in [-0.3, -0.25) is 9.59 Å². The summed E-state index contributed by atoms with van der Waals surface area (Å²) in [4.78, 5) is 41.6. The molecule has 0 aromatic heterocycles. The van der Waals surface area contributed by atoms with Crippen molar-refractivity contribution in [2.45, 2.75) is 104 Å². The van der Waals surface area contributed by atoms with Crippen molar-refractivity contribution in [3.63, 3.8) is 0 Å². The first-order valence-corrected chi connectivity index (χ1v) is 11.8. The molecule has 2 unspecified atom stereocenters. The summed E-state index contributed by atoms with van der Waals surface area (Å²) in [6, 6.07) is 6.05. The zero-order valence-corrected chi connectivity index (χ0v) is 21.6. The van der Waals surface area contributed by atoms with Gasteiger partial charge in [-0.2, -0.15) is 0 Å². The zero-order valence-electron chi connectivity index (χ0n) is 21.6. The van der Waals surface area contributed by atoms with Gasteiger partial charge in [-0.1, -0.05) is 43.7 Å². The lowest BCUT2D eigenvalue weighted by atomic mass is 9.97. The highest BCUT2D eigenvalue weighted by atomic mass is 16.6. The number of amides is 3. The van der Waals surface area contributed by atoms with Gasteiger partial charge in [0.1, 0.15) is 17.7 Å². The molecule has 3 amide bonds. The first kappa shape index (κ1) is 26.7. The van der Waals surface area contributed by atoms with E-state index in [1.165, 1.54) is 0 Å². The summed E-state index contributed by atoms with van der Waals surface area (Å²) < 4.78 is 5.40. The number of rotatable bonds is 7. The molecule has 0 saturated heterocycles. The SMILES string of the molecule is Cc1cccc(C(C(=O)NC(C)(C)C)N(C(=O)C(NC(=O)OC(C)(C)C)C(C)C)C2CC2)c1. The van der Waals surface area contributed by atoms with Crippen LogP contribution in [0.15, 0.2) is 24.3 Å². The minimum absolute atomic E-state index is 0.0459. The van der Waals surface area contributed by atoms with Crippen molar-refractivity contribution in [1.82, 2.24) is 15.5 Å². The molecule has 184 valence electrons. The minimum Gasteiger partial charge on any atom is -0.444 e. The van der Waals surface area contributed by atoms with Crippen LogP contribution in [0, 0.1) is 12.8 Å². The van der Waals surface area contributed by atoms with E-state index in [9.17, 15) is 14.4 Å². The summed E-state index contributed by atoms with van der Waals surface area (Å²) in [6.07, 6.45) is 1.01. The molecular weight excluding hydrogens is 418 g/mol. The van der Waals surface area contributed by atoms with Gasteiger partial charge in [-0.25, -0.2) is 4.79 Å². The van der Waals surface area contributed by atoms with E-state index in [1.54, 1.807) is 25.7 Å². The Bertz CT molecular complexity index is 863. The van der Waals surface area contributed by atoms with Crippen molar-refractivity contribution in [3.8, 4) is 0 Å². The van der Waals surface area contributed by atoms with Crippen molar-refractivity contribution >= 4 is 17.9 Å². The zero-order chi connectivity index (χ0) is 25.1. The molecule has 1 fully saturated rings. The average molecular weight is 460 g/mol. The number of ether oxygens (including phenoxy) is 1. The molecule has 0 radical (unpaired) electrons. The molecule has 2 atom stereocenters. The Labute approximate surface area is 198 Å². The lowest BCUT2D eigenvalue weighted by Gasteiger charge is -2.37. The third-order valence-corrected chi connectivity index (χ3v) is 5.18. The van der Waals surface area contributed by atoms with Crippen LogP contribution in [0.25, 0.3) is 0 Å². The Morgan fingerprint density at radius 3 is 2.12 bits per heavy atom. The van der Waals surface area contributed by atoms with Crippen molar-refractivity contribution < 1.29 is 19.1 Å². The third kappa shape index (κ3) is 8.06. The Morgan fingerprint density at radius 2 is 1.67 bits per heavy atom. The van der Waals surface area contributed by atoms with Crippen LogP contribution in [0.1, 0.15) is 85.4 Å². The number of hydrogen-bond acceptors (Lipinski definition) is 4. The van der Waals surface area contributed by atoms with Crippen molar-refractivity contribution in [2.24, 2.45) is 5.92 Å². The fourth-order valence-corrected chi connectivity index (χ4v) is 3.70. The number of carbonyl (C=O) groups excluding carboxylic acids is 3. The summed E-state index contributed by atoms with van der Waals surface area (Å²) in [5.74, 6) is -0.683. The minimum atomic E-state index is -0.810. The number of nitrogens with one attached hydrogen (secondary N) is 2. The van der Waals surface area contributed by atoms with Crippen LogP contribution in [0.3, 0.4) is 0 Å². The summed E-state index contributed by atoms with van der Waals surface area (Å²) in [5.41, 5.74) is 0.638. The number of hydrogen-bond donors (Lipinski definition) is 2. The topological polar surface area (TPSA) is 87.7 Å². The Morgan fingerprint density at radius 1 is 1.06 bits per heavy atom. The molecule has 0 aliphatic heterocycles. The molecule has 2 N–H and O–H groups in total. The predicted octanol–water partition coefficient (Wildman–Crippen LogP) is 4.49. The summed E-state index contributed by atoms with van der Waals surface area (Å²) in [6.45, 7) is 16.8. The van der Waals surface area contributed by atoms with Crippen LogP contribution < -0.4 is 10.6 Å². The van der Waals surface area contributed by atoms with E-state index in [0.29, 0.717) is 0 Å². The number of benzene rings is 1. The van der Waals surface area contributed by atoms with Crippen molar-refractivity contribution in [1.29, 1.82) is 0 Å². The molecule has 1 aliphatic rings. The number of aryl methyl sites for hydroxylation is 1. The van der Waals surface area contributed by atoms with Crippen LogP contribution in [0.2, 0.25) is 0 Å². The first-order valence-electron chi connectivity index (χ1n) is 11.8. The fraction of sp³-hybridized carbons (Fsp3) is 0.654. The lowest BCUT2D eigenvalue weighted by molar-refractivity contribution is -0.144. The van der Waals surface area contributed by atoms with Gasteiger partial charge in [0.2, 0.25) is 11.8 Å². The third-order valence-electron chi connectivity index (χ3n) is 5.18. The van der Waals surface area contributed by atoms with Gasteiger partial charge >= 0.3 is 6.09 Å². The van der Waals surface area contributed by atoms with Gasteiger partial charge in [-0.05, 0) is 72.8 Å². The summed E-state index contributed by atoms with van der Waals surface area (Å²) in [5, 5.41) is 5.81. The number of carbonyl (C=O) groups is 3. The molecule has 7 nitrogen and oxygen atoms in total. The maximum absolute atomic E-state index is 13.9. The molecule has 1 saturated carbocycles. The van der Waals surface area contributed by atoms with Gasteiger partial charge in [0.15, 0.2) is 0 Å². The second-order valence-electron chi connectivity index (χ2n) is 11.4. The van der Waals surface area contributed by atoms with Gasteiger partial charge in [0.25, 0.3) is 0 Å². The van der Waals surface area contributed by atoms with E-state index in [2.05, 4.69) is 10.6 Å². The molecule has 7 heteroatoms. The van der Waals surface area contributed by atoms with E-state index in [1.807, 2.05) is 65.8 Å². The number of alkyl carbamates (subject to hydrolysis) is 1. The molecule has 1 aromatic carbocycles. The van der Waals surface area contributed by atoms with Crippen LogP contribution in [0.5, 0.6) is 0 Å². The number of nitrogens with zero attached hydrogens (tertiary/aromatic N) is 1. The van der Waals surface area contributed by atoms with Crippen LogP contribution >= 0.6 is 0 Å². The normalized spacial score (nSPS) is 16.1. The van der Waals surface area contributed by atoms with Crippen LogP contribution in [0.4, 0.5) is 4.79 Å². The molecule has 1 aliphatic carbocycles. The first-order chi connectivity index (χ1) is 15.1. The Kier molecular flexibility index (Phi) is 8.20. The smallest absolute Gasteiger partial charge is 0.408 e. The molecule has 33 heavy (non-hydrogen) atoms. The van der Waals surface area contributed by atoms with E-state index in [4.69, 9.17) is 4.74 Å². The standard InChI is InChI=1S/C26H41N3O4/c1-16(2)20(27-24(32)33-26(7,8)9)23(31)29(19-13-14-19)21(22(30)28-25(4,5)6)18-12-10-11-17(3)15-18/h10-12,15-16,19-21H,13-14H2,1-9H3,(H,27,32)(H,28,30). The maximum atomic E-state index is 13.9. The lowest BCUT2D eigenvalue weighted by Crippen LogP contribution is -2.56. The Hall–Kier alpha value is -2.57.